The fraction of sp³-hybridized carbons (Fsp3) is 0.400. The van der Waals surface area contributed by atoms with E-state index in [1.807, 2.05) is 6.07 Å². The van der Waals surface area contributed by atoms with E-state index in [0.29, 0.717) is 11.7 Å². The Bertz CT molecular complexity index is 556. The maximum Gasteiger partial charge on any atom is 0.169 e. The first-order valence-corrected chi connectivity index (χ1v) is 6.73. The Morgan fingerprint density at radius 1 is 1.26 bits per heavy atom. The van der Waals surface area contributed by atoms with Crippen molar-refractivity contribution in [1.29, 1.82) is 0 Å². The van der Waals surface area contributed by atoms with E-state index >= 15 is 0 Å². The molecular formula is C15H19N3O. The van der Waals surface area contributed by atoms with E-state index in [1.165, 1.54) is 31.5 Å². The van der Waals surface area contributed by atoms with Crippen LogP contribution >= 0.6 is 0 Å². The van der Waals surface area contributed by atoms with Gasteiger partial charge in [-0.2, -0.15) is 0 Å². The van der Waals surface area contributed by atoms with Gasteiger partial charge in [0.15, 0.2) is 11.6 Å². The van der Waals surface area contributed by atoms with E-state index in [2.05, 4.69) is 35.3 Å². The Morgan fingerprint density at radius 2 is 2.05 bits per heavy atom. The van der Waals surface area contributed by atoms with E-state index in [9.17, 15) is 0 Å². The zero-order valence-electron chi connectivity index (χ0n) is 11.2. The summed E-state index contributed by atoms with van der Waals surface area (Å²) in [5, 5.41) is 3.74. The number of anilines is 1. The summed E-state index contributed by atoms with van der Waals surface area (Å²) >= 11 is 0. The van der Waals surface area contributed by atoms with Crippen LogP contribution in [0.3, 0.4) is 0 Å². The number of piperidine rings is 1. The monoisotopic (exact) mass is 257 g/mol. The van der Waals surface area contributed by atoms with Gasteiger partial charge < -0.3 is 15.2 Å². The zero-order chi connectivity index (χ0) is 13.2. The smallest absolute Gasteiger partial charge is 0.169 e. The molecule has 1 fully saturated rings. The molecule has 1 aromatic heterocycles. The Balaban J connectivity index is 1.84. The number of rotatable bonds is 2. The minimum absolute atomic E-state index is 0.430. The standard InChI is InChI=1S/C15H19N3O/c1-18-7-5-11(6-8-18)12-3-2-4-13(9-12)14-10-15(16)17-19-14/h2-4,9-11H,5-8H2,1H3,(H2,16,17). The van der Waals surface area contributed by atoms with E-state index in [4.69, 9.17) is 10.3 Å². The van der Waals surface area contributed by atoms with Crippen molar-refractivity contribution in [3.05, 3.63) is 35.9 Å². The third-order valence-electron chi connectivity index (χ3n) is 3.89. The van der Waals surface area contributed by atoms with Gasteiger partial charge in [-0.25, -0.2) is 0 Å². The van der Waals surface area contributed by atoms with Crippen molar-refractivity contribution in [3.8, 4) is 11.3 Å². The summed E-state index contributed by atoms with van der Waals surface area (Å²) in [6.07, 6.45) is 2.44. The Labute approximate surface area is 113 Å². The molecule has 3 rings (SSSR count). The summed E-state index contributed by atoms with van der Waals surface area (Å²) in [5.74, 6) is 1.82. The molecule has 2 N–H and O–H groups in total. The summed E-state index contributed by atoms with van der Waals surface area (Å²) in [5.41, 5.74) is 8.05. The highest BCUT2D eigenvalue weighted by molar-refractivity contribution is 5.61. The molecule has 0 saturated carbocycles. The first-order valence-electron chi connectivity index (χ1n) is 6.73. The van der Waals surface area contributed by atoms with Crippen LogP contribution in [0.5, 0.6) is 0 Å². The molecule has 0 bridgehead atoms. The van der Waals surface area contributed by atoms with Crippen LogP contribution < -0.4 is 5.73 Å². The normalized spacial score (nSPS) is 17.7. The highest BCUT2D eigenvalue weighted by atomic mass is 16.5. The number of nitrogen functional groups attached to an aromatic ring is 1. The molecule has 19 heavy (non-hydrogen) atoms. The van der Waals surface area contributed by atoms with Gasteiger partial charge in [0.05, 0.1) is 0 Å². The van der Waals surface area contributed by atoms with Crippen LogP contribution in [-0.4, -0.2) is 30.2 Å². The van der Waals surface area contributed by atoms with Crippen LogP contribution in [0.25, 0.3) is 11.3 Å². The van der Waals surface area contributed by atoms with Crippen LogP contribution in [0.1, 0.15) is 24.3 Å². The van der Waals surface area contributed by atoms with Gasteiger partial charge >= 0.3 is 0 Å². The van der Waals surface area contributed by atoms with Crippen molar-refractivity contribution in [2.45, 2.75) is 18.8 Å². The summed E-state index contributed by atoms with van der Waals surface area (Å²) in [6, 6.07) is 10.3. The molecule has 100 valence electrons. The summed E-state index contributed by atoms with van der Waals surface area (Å²) in [6.45, 7) is 2.34. The Kier molecular flexibility index (Phi) is 3.25. The molecule has 2 heterocycles. The van der Waals surface area contributed by atoms with E-state index < -0.39 is 0 Å². The van der Waals surface area contributed by atoms with E-state index in [-0.39, 0.29) is 0 Å². The van der Waals surface area contributed by atoms with Crippen LogP contribution in [0, 0.1) is 0 Å². The molecule has 0 unspecified atom stereocenters. The Hall–Kier alpha value is -1.81. The predicted octanol–water partition coefficient (Wildman–Crippen LogP) is 2.73. The van der Waals surface area contributed by atoms with E-state index in [0.717, 1.165) is 11.3 Å². The number of nitrogens with zero attached hydrogens (tertiary/aromatic N) is 2. The number of hydrogen-bond donors (Lipinski definition) is 1. The maximum atomic E-state index is 5.60. The molecule has 1 saturated heterocycles. The second-order valence-electron chi connectivity index (χ2n) is 5.32. The number of aromatic nitrogens is 1. The first kappa shape index (κ1) is 12.2. The Morgan fingerprint density at radius 3 is 2.74 bits per heavy atom. The molecule has 0 aliphatic carbocycles. The van der Waals surface area contributed by atoms with Crippen molar-refractivity contribution in [2.75, 3.05) is 25.9 Å². The average molecular weight is 257 g/mol. The van der Waals surface area contributed by atoms with Crippen LogP contribution in [0.4, 0.5) is 5.82 Å². The summed E-state index contributed by atoms with van der Waals surface area (Å²) in [7, 11) is 2.18. The number of nitrogens with two attached hydrogens (primary N) is 1. The lowest BCUT2D eigenvalue weighted by Crippen LogP contribution is -2.29. The number of benzene rings is 1. The highest BCUT2D eigenvalue weighted by Gasteiger charge is 2.18. The SMILES string of the molecule is CN1CCC(c2cccc(-c3cc(N)no3)c2)CC1. The topological polar surface area (TPSA) is 55.3 Å². The van der Waals surface area contributed by atoms with Crippen LogP contribution in [-0.2, 0) is 0 Å². The zero-order valence-corrected chi connectivity index (χ0v) is 11.2. The molecule has 0 radical (unpaired) electrons. The van der Waals surface area contributed by atoms with Gasteiger partial charge in [-0.3, -0.25) is 0 Å². The fourth-order valence-corrected chi connectivity index (χ4v) is 2.71. The van der Waals surface area contributed by atoms with Gasteiger partial charge in [0.2, 0.25) is 0 Å². The molecule has 0 atom stereocenters. The van der Waals surface area contributed by atoms with E-state index in [1.54, 1.807) is 6.07 Å². The number of likely N-dealkylation sites (tertiary alicyclic amines) is 1. The van der Waals surface area contributed by atoms with Gasteiger partial charge in [-0.1, -0.05) is 23.4 Å². The molecular weight excluding hydrogens is 238 g/mol. The largest absolute Gasteiger partial charge is 0.381 e. The maximum absolute atomic E-state index is 5.60. The lowest BCUT2D eigenvalue weighted by Gasteiger charge is -2.29. The third-order valence-corrected chi connectivity index (χ3v) is 3.89. The minimum atomic E-state index is 0.430. The lowest BCUT2D eigenvalue weighted by atomic mass is 9.88. The minimum Gasteiger partial charge on any atom is -0.381 e. The van der Waals surface area contributed by atoms with Crippen molar-refractivity contribution in [1.82, 2.24) is 10.1 Å². The number of hydrogen-bond acceptors (Lipinski definition) is 4. The van der Waals surface area contributed by atoms with Gasteiger partial charge in [-0.05, 0) is 50.5 Å². The molecule has 0 amide bonds. The van der Waals surface area contributed by atoms with Gasteiger partial charge in [0, 0.05) is 11.6 Å². The molecule has 4 heteroatoms. The van der Waals surface area contributed by atoms with Gasteiger partial charge in [0.1, 0.15) is 0 Å². The fourth-order valence-electron chi connectivity index (χ4n) is 2.71. The van der Waals surface area contributed by atoms with Gasteiger partial charge in [-0.15, -0.1) is 0 Å². The van der Waals surface area contributed by atoms with Crippen molar-refractivity contribution in [2.24, 2.45) is 0 Å². The van der Waals surface area contributed by atoms with Gasteiger partial charge in [0.25, 0.3) is 0 Å². The van der Waals surface area contributed by atoms with Crippen molar-refractivity contribution in [3.63, 3.8) is 0 Å². The van der Waals surface area contributed by atoms with Crippen molar-refractivity contribution >= 4 is 5.82 Å². The summed E-state index contributed by atoms with van der Waals surface area (Å²) in [4.78, 5) is 2.39. The van der Waals surface area contributed by atoms with Crippen molar-refractivity contribution < 1.29 is 4.52 Å². The third kappa shape index (κ3) is 2.63. The summed E-state index contributed by atoms with van der Waals surface area (Å²) < 4.78 is 5.23. The quantitative estimate of drug-likeness (QED) is 0.898. The second kappa shape index (κ2) is 5.05. The lowest BCUT2D eigenvalue weighted by molar-refractivity contribution is 0.255. The molecule has 2 aromatic rings. The average Bonchev–Trinajstić information content (AvgIpc) is 2.86. The molecule has 1 aliphatic rings. The second-order valence-corrected chi connectivity index (χ2v) is 5.32. The predicted molar refractivity (Wildman–Crippen MR) is 75.8 cm³/mol. The molecule has 0 spiro atoms. The molecule has 1 aliphatic heterocycles. The molecule has 4 nitrogen and oxygen atoms in total. The molecule has 1 aromatic carbocycles. The van der Waals surface area contributed by atoms with Crippen LogP contribution in [0.15, 0.2) is 34.9 Å². The first-order chi connectivity index (χ1) is 9.22. The van der Waals surface area contributed by atoms with Crippen LogP contribution in [0.2, 0.25) is 0 Å². The highest BCUT2D eigenvalue weighted by Crippen LogP contribution is 2.30.